The van der Waals surface area contributed by atoms with Crippen molar-refractivity contribution in [1.82, 2.24) is 4.57 Å². The van der Waals surface area contributed by atoms with Crippen LogP contribution in [0.15, 0.2) is 59.5 Å². The van der Waals surface area contributed by atoms with E-state index in [1.807, 2.05) is 37.2 Å². The molecule has 6 nitrogen and oxygen atoms in total. The number of fused-ring (bicyclic) bond motifs is 4. The van der Waals surface area contributed by atoms with E-state index in [0.717, 1.165) is 53.9 Å². The van der Waals surface area contributed by atoms with Crippen molar-refractivity contribution < 1.29 is 14.3 Å². The fourth-order valence-electron chi connectivity index (χ4n) is 5.13. The lowest BCUT2D eigenvalue weighted by Gasteiger charge is -2.49. The van der Waals surface area contributed by atoms with Crippen LogP contribution in [0.5, 0.6) is 5.75 Å². The lowest BCUT2D eigenvalue weighted by molar-refractivity contribution is 0.0521. The molecular formula is C28H30N2O4. The van der Waals surface area contributed by atoms with E-state index in [-0.39, 0.29) is 23.1 Å². The molecule has 6 heteroatoms. The van der Waals surface area contributed by atoms with Crippen LogP contribution in [0.25, 0.3) is 11.3 Å². The third-order valence-corrected chi connectivity index (χ3v) is 7.04. The van der Waals surface area contributed by atoms with E-state index in [0.29, 0.717) is 6.61 Å². The molecule has 1 aromatic heterocycles. The molecule has 176 valence electrons. The second kappa shape index (κ2) is 8.67. The van der Waals surface area contributed by atoms with Gasteiger partial charge in [0.25, 0.3) is 0 Å². The van der Waals surface area contributed by atoms with Crippen LogP contribution in [0.4, 0.5) is 5.69 Å². The van der Waals surface area contributed by atoms with Gasteiger partial charge < -0.3 is 18.9 Å². The Morgan fingerprint density at radius 1 is 1.12 bits per heavy atom. The van der Waals surface area contributed by atoms with Crippen molar-refractivity contribution in [1.29, 1.82) is 0 Å². The van der Waals surface area contributed by atoms with Crippen LogP contribution < -0.4 is 15.1 Å². The summed E-state index contributed by atoms with van der Waals surface area (Å²) in [5.74, 6) is 0.280. The molecule has 0 bridgehead atoms. The van der Waals surface area contributed by atoms with Gasteiger partial charge in [0.1, 0.15) is 17.9 Å². The van der Waals surface area contributed by atoms with Crippen LogP contribution in [-0.4, -0.2) is 31.2 Å². The first kappa shape index (κ1) is 22.3. The van der Waals surface area contributed by atoms with Gasteiger partial charge in [-0.2, -0.15) is 0 Å². The SMILES string of the molecule is CCOC(=O)c1cn2c(cc1=O)-c1cc(N(C)C)c(OCc3ccccc3)cc1CC21CCC1. The summed E-state index contributed by atoms with van der Waals surface area (Å²) in [4.78, 5) is 27.4. The Morgan fingerprint density at radius 2 is 1.88 bits per heavy atom. The molecule has 1 spiro atoms. The Hall–Kier alpha value is -3.54. The summed E-state index contributed by atoms with van der Waals surface area (Å²) >= 11 is 0. The first-order chi connectivity index (χ1) is 16.4. The minimum absolute atomic E-state index is 0.107. The van der Waals surface area contributed by atoms with Gasteiger partial charge in [-0.1, -0.05) is 30.3 Å². The van der Waals surface area contributed by atoms with Gasteiger partial charge in [-0.25, -0.2) is 4.79 Å². The van der Waals surface area contributed by atoms with Crippen molar-refractivity contribution in [3.63, 3.8) is 0 Å². The van der Waals surface area contributed by atoms with Crippen LogP contribution in [0.3, 0.4) is 0 Å². The van der Waals surface area contributed by atoms with Gasteiger partial charge >= 0.3 is 5.97 Å². The van der Waals surface area contributed by atoms with E-state index < -0.39 is 5.97 Å². The number of anilines is 1. The number of ether oxygens (including phenoxy) is 2. The van der Waals surface area contributed by atoms with Crippen LogP contribution >= 0.6 is 0 Å². The highest BCUT2D eigenvalue weighted by Gasteiger charge is 2.43. The van der Waals surface area contributed by atoms with Gasteiger partial charge in [0.2, 0.25) is 0 Å². The predicted octanol–water partition coefficient (Wildman–Crippen LogP) is 4.77. The summed E-state index contributed by atoms with van der Waals surface area (Å²) in [6, 6.07) is 16.0. The second-order valence-electron chi connectivity index (χ2n) is 9.43. The highest BCUT2D eigenvalue weighted by atomic mass is 16.5. The summed E-state index contributed by atoms with van der Waals surface area (Å²) in [5, 5.41) is 0. The summed E-state index contributed by atoms with van der Waals surface area (Å²) in [5.41, 5.74) is 4.80. The van der Waals surface area contributed by atoms with Gasteiger partial charge in [0.05, 0.1) is 18.0 Å². The van der Waals surface area contributed by atoms with Gasteiger partial charge in [-0.3, -0.25) is 4.79 Å². The topological polar surface area (TPSA) is 60.8 Å². The molecule has 2 aromatic carbocycles. The Balaban J connectivity index is 1.61. The maximum Gasteiger partial charge on any atom is 0.343 e. The maximum atomic E-state index is 12.9. The minimum Gasteiger partial charge on any atom is -0.487 e. The molecule has 0 unspecified atom stereocenters. The van der Waals surface area contributed by atoms with E-state index in [4.69, 9.17) is 9.47 Å². The number of carbonyl (C=O) groups excluding carboxylic acids is 1. The first-order valence-electron chi connectivity index (χ1n) is 11.9. The second-order valence-corrected chi connectivity index (χ2v) is 9.43. The quantitative estimate of drug-likeness (QED) is 0.498. The number of rotatable bonds is 6. The number of benzene rings is 2. The van der Waals surface area contributed by atoms with Crippen molar-refractivity contribution >= 4 is 11.7 Å². The molecule has 1 fully saturated rings. The fourth-order valence-corrected chi connectivity index (χ4v) is 5.13. The molecule has 1 saturated carbocycles. The normalized spacial score (nSPS) is 15.1. The summed E-state index contributed by atoms with van der Waals surface area (Å²) in [6.45, 7) is 2.48. The molecule has 1 aliphatic heterocycles. The lowest BCUT2D eigenvalue weighted by Crippen LogP contribution is -2.46. The fraction of sp³-hybridized carbons (Fsp3) is 0.357. The smallest absolute Gasteiger partial charge is 0.343 e. The van der Waals surface area contributed by atoms with E-state index in [9.17, 15) is 9.59 Å². The van der Waals surface area contributed by atoms with Crippen molar-refractivity contribution in [2.24, 2.45) is 0 Å². The maximum absolute atomic E-state index is 12.9. The highest BCUT2D eigenvalue weighted by Crippen LogP contribution is 2.50. The first-order valence-corrected chi connectivity index (χ1v) is 11.9. The number of carbonyl (C=O) groups is 1. The third-order valence-electron chi connectivity index (χ3n) is 7.04. The van der Waals surface area contributed by atoms with Crippen LogP contribution in [0.2, 0.25) is 0 Å². The monoisotopic (exact) mass is 458 g/mol. The average molecular weight is 459 g/mol. The standard InChI is InChI=1S/C28H30N2O4/c1-4-33-27(32)22-17-30-23(15-25(22)31)21-14-24(29(2)3)26(34-18-19-9-6-5-7-10-19)13-20(21)16-28(30)11-8-12-28/h5-7,9-10,13-15,17H,4,8,11-12,16,18H2,1-3H3. The van der Waals surface area contributed by atoms with Gasteiger partial charge in [-0.15, -0.1) is 0 Å². The van der Waals surface area contributed by atoms with Crippen molar-refractivity contribution in [3.05, 3.63) is 81.6 Å². The summed E-state index contributed by atoms with van der Waals surface area (Å²) in [6.07, 6.45) is 5.73. The summed E-state index contributed by atoms with van der Waals surface area (Å²) < 4.78 is 13.6. The number of aromatic nitrogens is 1. The Bertz CT molecular complexity index is 1290. The molecule has 1 aliphatic carbocycles. The zero-order valence-electron chi connectivity index (χ0n) is 20.0. The lowest BCUT2D eigenvalue weighted by atomic mass is 9.69. The number of esters is 1. The van der Waals surface area contributed by atoms with E-state index in [1.54, 1.807) is 19.2 Å². The molecule has 0 radical (unpaired) electrons. The van der Waals surface area contributed by atoms with Crippen LogP contribution in [-0.2, 0) is 23.3 Å². The van der Waals surface area contributed by atoms with E-state index >= 15 is 0 Å². The van der Waals surface area contributed by atoms with Crippen molar-refractivity contribution in [3.8, 4) is 17.0 Å². The minimum atomic E-state index is -0.554. The third kappa shape index (κ3) is 3.77. The zero-order chi connectivity index (χ0) is 23.9. The molecule has 3 aromatic rings. The predicted molar refractivity (Wildman–Crippen MR) is 133 cm³/mol. The molecule has 0 saturated heterocycles. The van der Waals surface area contributed by atoms with Gasteiger partial charge in [0.15, 0.2) is 5.43 Å². The van der Waals surface area contributed by atoms with Crippen LogP contribution in [0, 0.1) is 0 Å². The Labute approximate surface area is 199 Å². The molecule has 0 atom stereocenters. The van der Waals surface area contributed by atoms with Gasteiger partial charge in [-0.05, 0) is 55.9 Å². The number of hydrogen-bond acceptors (Lipinski definition) is 5. The van der Waals surface area contributed by atoms with Crippen LogP contribution in [0.1, 0.15) is 47.7 Å². The molecular weight excluding hydrogens is 428 g/mol. The number of pyridine rings is 1. The number of nitrogens with zero attached hydrogens (tertiary/aromatic N) is 2. The summed E-state index contributed by atoms with van der Waals surface area (Å²) in [7, 11) is 3.98. The van der Waals surface area contributed by atoms with Crippen molar-refractivity contribution in [2.45, 2.75) is 44.8 Å². The molecule has 5 rings (SSSR count). The molecule has 0 amide bonds. The molecule has 2 heterocycles. The number of hydrogen-bond donors (Lipinski definition) is 0. The van der Waals surface area contributed by atoms with E-state index in [2.05, 4.69) is 28.8 Å². The highest BCUT2D eigenvalue weighted by molar-refractivity contribution is 5.89. The largest absolute Gasteiger partial charge is 0.487 e. The zero-order valence-corrected chi connectivity index (χ0v) is 20.0. The Kier molecular flexibility index (Phi) is 5.68. The van der Waals surface area contributed by atoms with E-state index in [1.165, 1.54) is 5.56 Å². The Morgan fingerprint density at radius 3 is 2.53 bits per heavy atom. The molecule has 0 N–H and O–H groups in total. The molecule has 2 aliphatic rings. The van der Waals surface area contributed by atoms with Crippen molar-refractivity contribution in [2.75, 3.05) is 25.6 Å². The molecule has 34 heavy (non-hydrogen) atoms. The van der Waals surface area contributed by atoms with Gasteiger partial charge in [0, 0.05) is 37.5 Å². The average Bonchev–Trinajstić information content (AvgIpc) is 2.80.